The number of unbranched alkanes of at least 4 members (excludes halogenated alkanes) is 1. The normalized spacial score (nSPS) is 14.2. The minimum absolute atomic E-state index is 0.294. The molecule has 0 radical (unpaired) electrons. The first-order chi connectivity index (χ1) is 9.62. The molecule has 0 aliphatic carbocycles. The zero-order chi connectivity index (χ0) is 14.4. The van der Waals surface area contributed by atoms with Gasteiger partial charge in [0.05, 0.1) is 17.7 Å². The molecule has 0 aliphatic rings. The highest BCUT2D eigenvalue weighted by atomic mass is 16.5. The monoisotopic (exact) mass is 274 g/mol. The van der Waals surface area contributed by atoms with Crippen LogP contribution in [-0.4, -0.2) is 28.8 Å². The standard InChI is InChI=1S/C16H22N2O2/c1-16(19,12-17)9-2-3-11-20-15-8-4-7-14-13(15)6-5-10-18-14/h4-8,10,19H,2-3,9,11-12,17H2,1H3. The molecule has 1 aromatic carbocycles. The minimum Gasteiger partial charge on any atom is -0.493 e. The third kappa shape index (κ3) is 3.92. The van der Waals surface area contributed by atoms with Gasteiger partial charge in [0.2, 0.25) is 0 Å². The van der Waals surface area contributed by atoms with Gasteiger partial charge in [0.15, 0.2) is 0 Å². The second-order valence-electron chi connectivity index (χ2n) is 5.33. The van der Waals surface area contributed by atoms with Crippen LogP contribution in [-0.2, 0) is 0 Å². The maximum absolute atomic E-state index is 9.81. The molecular formula is C16H22N2O2. The van der Waals surface area contributed by atoms with Crippen molar-refractivity contribution in [1.82, 2.24) is 4.98 Å². The number of nitrogens with two attached hydrogens (primary N) is 1. The molecule has 2 aromatic rings. The zero-order valence-electron chi connectivity index (χ0n) is 11.9. The summed E-state index contributed by atoms with van der Waals surface area (Å²) >= 11 is 0. The van der Waals surface area contributed by atoms with Gasteiger partial charge >= 0.3 is 0 Å². The minimum atomic E-state index is -0.761. The Labute approximate surface area is 119 Å². The molecule has 0 bridgehead atoms. The van der Waals surface area contributed by atoms with Crippen molar-refractivity contribution in [2.45, 2.75) is 31.8 Å². The number of pyridine rings is 1. The fourth-order valence-corrected chi connectivity index (χ4v) is 2.09. The molecule has 3 N–H and O–H groups in total. The predicted octanol–water partition coefficient (Wildman–Crippen LogP) is 2.49. The lowest BCUT2D eigenvalue weighted by Crippen LogP contribution is -2.33. The molecule has 1 heterocycles. The van der Waals surface area contributed by atoms with Gasteiger partial charge in [-0.1, -0.05) is 6.07 Å². The molecule has 4 heteroatoms. The van der Waals surface area contributed by atoms with Crippen molar-refractivity contribution in [3.63, 3.8) is 0 Å². The average molecular weight is 274 g/mol. The van der Waals surface area contributed by atoms with E-state index in [2.05, 4.69) is 4.98 Å². The molecule has 1 aromatic heterocycles. The van der Waals surface area contributed by atoms with E-state index in [9.17, 15) is 5.11 Å². The quantitative estimate of drug-likeness (QED) is 0.761. The topological polar surface area (TPSA) is 68.4 Å². The number of hydrogen-bond donors (Lipinski definition) is 2. The summed E-state index contributed by atoms with van der Waals surface area (Å²) in [6.45, 7) is 2.70. The molecule has 2 rings (SSSR count). The molecule has 0 fully saturated rings. The first-order valence-corrected chi connectivity index (χ1v) is 7.01. The van der Waals surface area contributed by atoms with Gasteiger partial charge in [-0.25, -0.2) is 0 Å². The maximum atomic E-state index is 9.81. The third-order valence-corrected chi connectivity index (χ3v) is 3.41. The first kappa shape index (κ1) is 14.8. The van der Waals surface area contributed by atoms with Gasteiger partial charge < -0.3 is 15.6 Å². The van der Waals surface area contributed by atoms with Crippen LogP contribution in [0.3, 0.4) is 0 Å². The SMILES string of the molecule is CC(O)(CN)CCCCOc1cccc2ncccc12. The average Bonchev–Trinajstić information content (AvgIpc) is 2.47. The molecule has 0 saturated carbocycles. The Morgan fingerprint density at radius 3 is 2.90 bits per heavy atom. The number of hydrogen-bond acceptors (Lipinski definition) is 4. The molecule has 1 unspecified atom stereocenters. The van der Waals surface area contributed by atoms with Gasteiger partial charge in [0.1, 0.15) is 5.75 Å². The highest BCUT2D eigenvalue weighted by Crippen LogP contribution is 2.24. The van der Waals surface area contributed by atoms with E-state index in [-0.39, 0.29) is 0 Å². The molecule has 108 valence electrons. The lowest BCUT2D eigenvalue weighted by molar-refractivity contribution is 0.0562. The number of benzene rings is 1. The highest BCUT2D eigenvalue weighted by molar-refractivity contribution is 5.84. The number of rotatable bonds is 7. The lowest BCUT2D eigenvalue weighted by atomic mass is 10.00. The van der Waals surface area contributed by atoms with Gasteiger partial charge in [-0.15, -0.1) is 0 Å². The number of aliphatic hydroxyl groups is 1. The summed E-state index contributed by atoms with van der Waals surface area (Å²) in [5, 5.41) is 10.8. The summed E-state index contributed by atoms with van der Waals surface area (Å²) in [5.41, 5.74) is 5.67. The molecule has 0 saturated heterocycles. The molecule has 0 amide bonds. The van der Waals surface area contributed by atoms with E-state index >= 15 is 0 Å². The fourth-order valence-electron chi connectivity index (χ4n) is 2.09. The van der Waals surface area contributed by atoms with Crippen molar-refractivity contribution in [1.29, 1.82) is 0 Å². The maximum Gasteiger partial charge on any atom is 0.128 e. The molecular weight excluding hydrogens is 252 g/mol. The highest BCUT2D eigenvalue weighted by Gasteiger charge is 2.16. The van der Waals surface area contributed by atoms with Crippen LogP contribution in [0.25, 0.3) is 10.9 Å². The van der Waals surface area contributed by atoms with Crippen molar-refractivity contribution >= 4 is 10.9 Å². The van der Waals surface area contributed by atoms with E-state index in [0.29, 0.717) is 19.6 Å². The Morgan fingerprint density at radius 2 is 2.10 bits per heavy atom. The van der Waals surface area contributed by atoms with E-state index in [1.807, 2.05) is 30.3 Å². The molecule has 4 nitrogen and oxygen atoms in total. The second-order valence-corrected chi connectivity index (χ2v) is 5.33. The summed E-state index contributed by atoms with van der Waals surface area (Å²) in [7, 11) is 0. The van der Waals surface area contributed by atoms with Crippen molar-refractivity contribution < 1.29 is 9.84 Å². The molecule has 0 aliphatic heterocycles. The van der Waals surface area contributed by atoms with Gasteiger partial charge in [-0.2, -0.15) is 0 Å². The van der Waals surface area contributed by atoms with E-state index in [0.717, 1.165) is 29.5 Å². The Hall–Kier alpha value is -1.65. The summed E-state index contributed by atoms with van der Waals surface area (Å²) in [5.74, 6) is 0.862. The van der Waals surface area contributed by atoms with Crippen LogP contribution >= 0.6 is 0 Å². The lowest BCUT2D eigenvalue weighted by Gasteiger charge is -2.20. The van der Waals surface area contributed by atoms with E-state index in [1.165, 1.54) is 0 Å². The largest absolute Gasteiger partial charge is 0.493 e. The summed E-state index contributed by atoms with van der Waals surface area (Å²) in [6.07, 6.45) is 4.27. The van der Waals surface area contributed by atoms with Crippen molar-refractivity contribution in [2.75, 3.05) is 13.2 Å². The van der Waals surface area contributed by atoms with Crippen LogP contribution in [0.1, 0.15) is 26.2 Å². The van der Waals surface area contributed by atoms with E-state index in [4.69, 9.17) is 10.5 Å². The van der Waals surface area contributed by atoms with Crippen molar-refractivity contribution in [2.24, 2.45) is 5.73 Å². The van der Waals surface area contributed by atoms with Crippen LogP contribution in [0.2, 0.25) is 0 Å². The Morgan fingerprint density at radius 1 is 1.25 bits per heavy atom. The van der Waals surface area contributed by atoms with Gasteiger partial charge in [0.25, 0.3) is 0 Å². The Balaban J connectivity index is 1.85. The number of aromatic nitrogens is 1. The van der Waals surface area contributed by atoms with Crippen molar-refractivity contribution in [3.05, 3.63) is 36.5 Å². The van der Waals surface area contributed by atoms with Crippen LogP contribution in [0.4, 0.5) is 0 Å². The first-order valence-electron chi connectivity index (χ1n) is 7.01. The van der Waals surface area contributed by atoms with E-state index < -0.39 is 5.60 Å². The third-order valence-electron chi connectivity index (χ3n) is 3.41. The summed E-state index contributed by atoms with van der Waals surface area (Å²) in [6, 6.07) is 9.80. The zero-order valence-corrected chi connectivity index (χ0v) is 11.9. The van der Waals surface area contributed by atoms with E-state index in [1.54, 1.807) is 13.1 Å². The van der Waals surface area contributed by atoms with Crippen LogP contribution < -0.4 is 10.5 Å². The number of fused-ring (bicyclic) bond motifs is 1. The van der Waals surface area contributed by atoms with Crippen molar-refractivity contribution in [3.8, 4) is 5.75 Å². The number of nitrogens with zero attached hydrogens (tertiary/aromatic N) is 1. The van der Waals surface area contributed by atoms with Crippen LogP contribution in [0.15, 0.2) is 36.5 Å². The molecule has 0 spiro atoms. The smallest absolute Gasteiger partial charge is 0.128 e. The summed E-state index contributed by atoms with van der Waals surface area (Å²) in [4.78, 5) is 4.30. The van der Waals surface area contributed by atoms with Gasteiger partial charge in [-0.3, -0.25) is 4.98 Å². The van der Waals surface area contributed by atoms with Gasteiger partial charge in [0, 0.05) is 18.1 Å². The number of ether oxygens (including phenoxy) is 1. The Bertz CT molecular complexity index is 550. The summed E-state index contributed by atoms with van der Waals surface area (Å²) < 4.78 is 5.81. The van der Waals surface area contributed by atoms with Crippen LogP contribution in [0.5, 0.6) is 5.75 Å². The molecule has 20 heavy (non-hydrogen) atoms. The van der Waals surface area contributed by atoms with Gasteiger partial charge in [-0.05, 0) is 50.5 Å². The predicted molar refractivity (Wildman–Crippen MR) is 80.8 cm³/mol. The van der Waals surface area contributed by atoms with Crippen LogP contribution in [0, 0.1) is 0 Å². The second kappa shape index (κ2) is 6.68. The Kier molecular flexibility index (Phi) is 4.93. The molecule has 1 atom stereocenters. The fraction of sp³-hybridized carbons (Fsp3) is 0.438.